The van der Waals surface area contributed by atoms with E-state index < -0.39 is 30.3 Å². The molecule has 0 aliphatic rings. The molecule has 150 valence electrons. The van der Waals surface area contributed by atoms with Gasteiger partial charge in [0.15, 0.2) is 6.61 Å². The van der Waals surface area contributed by atoms with Crippen LogP contribution < -0.4 is 5.32 Å². The van der Waals surface area contributed by atoms with Gasteiger partial charge in [-0.1, -0.05) is 6.07 Å². The van der Waals surface area contributed by atoms with Crippen molar-refractivity contribution in [2.45, 2.75) is 34.2 Å². The second-order valence-corrected chi connectivity index (χ2v) is 6.26. The summed E-state index contributed by atoms with van der Waals surface area (Å²) in [5, 5.41) is 2.46. The fourth-order valence-corrected chi connectivity index (χ4v) is 2.65. The molecular weight excluding hydrogens is 367 g/mol. The zero-order valence-corrected chi connectivity index (χ0v) is 16.3. The number of rotatable bonds is 7. The molecule has 2 aromatic rings. The van der Waals surface area contributed by atoms with Crippen LogP contribution in [0.4, 0.5) is 10.1 Å². The maximum absolute atomic E-state index is 13.5. The van der Waals surface area contributed by atoms with Gasteiger partial charge < -0.3 is 19.4 Å². The number of esters is 2. The number of amides is 1. The number of halogens is 1. The number of anilines is 1. The Morgan fingerprint density at radius 1 is 1.11 bits per heavy atom. The summed E-state index contributed by atoms with van der Waals surface area (Å²) in [5.74, 6) is -2.11. The smallest absolute Gasteiger partial charge is 0.339 e. The van der Waals surface area contributed by atoms with E-state index in [1.54, 1.807) is 44.4 Å². The Hall–Kier alpha value is -3.16. The molecular formula is C20H23FN2O5. The van der Waals surface area contributed by atoms with Crippen molar-refractivity contribution in [1.29, 1.82) is 0 Å². The molecule has 0 radical (unpaired) electrons. The number of carbonyl (C=O) groups excluding carboxylic acids is 3. The van der Waals surface area contributed by atoms with Crippen LogP contribution in [0.25, 0.3) is 0 Å². The van der Waals surface area contributed by atoms with Crippen molar-refractivity contribution in [3.8, 4) is 0 Å². The third-order valence-corrected chi connectivity index (χ3v) is 4.18. The van der Waals surface area contributed by atoms with Crippen LogP contribution in [0.3, 0.4) is 0 Å². The molecule has 0 saturated carbocycles. The van der Waals surface area contributed by atoms with Crippen LogP contribution in [0.5, 0.6) is 0 Å². The lowest BCUT2D eigenvalue weighted by atomic mass is 10.2. The SMILES string of the molecule is CCOC(=O)c1cc(C)n(CC(=O)OCC(=O)Nc2ccc(C)c(F)c2)c1C. The van der Waals surface area contributed by atoms with Crippen LogP contribution in [-0.4, -0.2) is 35.6 Å². The third kappa shape index (κ3) is 5.18. The van der Waals surface area contributed by atoms with E-state index in [1.807, 2.05) is 0 Å². The molecule has 8 heteroatoms. The third-order valence-electron chi connectivity index (χ3n) is 4.18. The van der Waals surface area contributed by atoms with Crippen molar-refractivity contribution >= 4 is 23.5 Å². The van der Waals surface area contributed by atoms with Gasteiger partial charge >= 0.3 is 11.9 Å². The standard InChI is InChI=1S/C20H23FN2O5/c1-5-27-20(26)16-8-13(3)23(14(16)4)10-19(25)28-11-18(24)22-15-7-6-12(2)17(21)9-15/h6-9H,5,10-11H2,1-4H3,(H,22,24). The van der Waals surface area contributed by atoms with E-state index >= 15 is 0 Å². The number of aromatic nitrogens is 1. The molecule has 0 atom stereocenters. The number of carbonyl (C=O) groups is 3. The quantitative estimate of drug-likeness (QED) is 0.735. The van der Waals surface area contributed by atoms with E-state index in [2.05, 4.69) is 5.32 Å². The molecule has 1 aromatic heterocycles. The van der Waals surface area contributed by atoms with E-state index in [0.29, 0.717) is 22.5 Å². The summed E-state index contributed by atoms with van der Waals surface area (Å²) in [4.78, 5) is 35.9. The Labute approximate surface area is 162 Å². The lowest BCUT2D eigenvalue weighted by Gasteiger charge is -2.10. The van der Waals surface area contributed by atoms with Crippen LogP contribution in [0, 0.1) is 26.6 Å². The number of aryl methyl sites for hydroxylation is 2. The van der Waals surface area contributed by atoms with Gasteiger partial charge in [-0.05, 0) is 51.5 Å². The Balaban J connectivity index is 1.92. The highest BCUT2D eigenvalue weighted by Crippen LogP contribution is 2.17. The fraction of sp³-hybridized carbons (Fsp3) is 0.350. The molecule has 0 aliphatic carbocycles. The topological polar surface area (TPSA) is 86.6 Å². The van der Waals surface area contributed by atoms with Gasteiger partial charge in [0.1, 0.15) is 12.4 Å². The number of nitrogens with one attached hydrogen (secondary N) is 1. The number of hydrogen-bond acceptors (Lipinski definition) is 5. The molecule has 0 unspecified atom stereocenters. The average molecular weight is 390 g/mol. The van der Waals surface area contributed by atoms with Gasteiger partial charge in [0.25, 0.3) is 5.91 Å². The minimum Gasteiger partial charge on any atom is -0.462 e. The van der Waals surface area contributed by atoms with Gasteiger partial charge in [-0.2, -0.15) is 0 Å². The highest BCUT2D eigenvalue weighted by molar-refractivity contribution is 5.93. The van der Waals surface area contributed by atoms with Crippen LogP contribution in [0.1, 0.15) is 34.2 Å². The van der Waals surface area contributed by atoms with E-state index in [-0.39, 0.29) is 18.8 Å². The summed E-state index contributed by atoms with van der Waals surface area (Å²) in [7, 11) is 0. The summed E-state index contributed by atoms with van der Waals surface area (Å²) in [6.45, 7) is 6.38. The maximum atomic E-state index is 13.5. The predicted octanol–water partition coefficient (Wildman–Crippen LogP) is 2.91. The normalized spacial score (nSPS) is 10.5. The van der Waals surface area contributed by atoms with Crippen molar-refractivity contribution in [2.24, 2.45) is 0 Å². The molecule has 0 saturated heterocycles. The second-order valence-electron chi connectivity index (χ2n) is 6.26. The highest BCUT2D eigenvalue weighted by Gasteiger charge is 2.19. The lowest BCUT2D eigenvalue weighted by molar-refractivity contribution is -0.147. The molecule has 0 fully saturated rings. The van der Waals surface area contributed by atoms with Crippen molar-refractivity contribution in [1.82, 2.24) is 4.57 Å². The molecule has 2 rings (SSSR count). The van der Waals surface area contributed by atoms with Crippen LogP contribution in [0.15, 0.2) is 24.3 Å². The number of nitrogens with zero attached hydrogens (tertiary/aromatic N) is 1. The van der Waals surface area contributed by atoms with Crippen molar-refractivity contribution < 1.29 is 28.2 Å². The van der Waals surface area contributed by atoms with E-state index in [0.717, 1.165) is 0 Å². The van der Waals surface area contributed by atoms with Gasteiger partial charge in [0.05, 0.1) is 12.2 Å². The van der Waals surface area contributed by atoms with E-state index in [1.165, 1.54) is 12.1 Å². The molecule has 1 heterocycles. The summed E-state index contributed by atoms with van der Waals surface area (Å²) in [5.41, 5.74) is 2.39. The number of ether oxygens (including phenoxy) is 2. The van der Waals surface area contributed by atoms with Crippen LogP contribution in [0.2, 0.25) is 0 Å². The van der Waals surface area contributed by atoms with Gasteiger partial charge in [-0.25, -0.2) is 9.18 Å². The predicted molar refractivity (Wildman–Crippen MR) is 101 cm³/mol. The van der Waals surface area contributed by atoms with Crippen LogP contribution >= 0.6 is 0 Å². The Morgan fingerprint density at radius 3 is 2.46 bits per heavy atom. The second kappa shape index (κ2) is 9.16. The first-order valence-electron chi connectivity index (χ1n) is 8.78. The summed E-state index contributed by atoms with van der Waals surface area (Å²) >= 11 is 0. The average Bonchev–Trinajstić information content (AvgIpc) is 2.91. The fourth-order valence-electron chi connectivity index (χ4n) is 2.65. The molecule has 0 aliphatic heterocycles. The molecule has 1 N–H and O–H groups in total. The number of hydrogen-bond donors (Lipinski definition) is 1. The number of benzene rings is 1. The maximum Gasteiger partial charge on any atom is 0.339 e. The Bertz CT molecular complexity index is 904. The monoisotopic (exact) mass is 390 g/mol. The summed E-state index contributed by atoms with van der Waals surface area (Å²) in [6.07, 6.45) is 0. The van der Waals surface area contributed by atoms with Gasteiger partial charge in [0, 0.05) is 17.1 Å². The zero-order chi connectivity index (χ0) is 20.8. The van der Waals surface area contributed by atoms with Gasteiger partial charge in [-0.15, -0.1) is 0 Å². The molecule has 28 heavy (non-hydrogen) atoms. The summed E-state index contributed by atoms with van der Waals surface area (Å²) < 4.78 is 25.1. The molecule has 0 bridgehead atoms. The molecule has 0 spiro atoms. The highest BCUT2D eigenvalue weighted by atomic mass is 19.1. The van der Waals surface area contributed by atoms with Gasteiger partial charge in [-0.3, -0.25) is 9.59 Å². The van der Waals surface area contributed by atoms with Crippen molar-refractivity contribution in [3.05, 3.63) is 52.6 Å². The minimum atomic E-state index is -0.637. The molecule has 1 aromatic carbocycles. The first-order valence-corrected chi connectivity index (χ1v) is 8.78. The minimum absolute atomic E-state index is 0.149. The first-order chi connectivity index (χ1) is 13.2. The van der Waals surface area contributed by atoms with Crippen LogP contribution in [-0.2, 0) is 25.6 Å². The Morgan fingerprint density at radius 2 is 1.82 bits per heavy atom. The summed E-state index contributed by atoms with van der Waals surface area (Å²) in [6, 6.07) is 5.93. The lowest BCUT2D eigenvalue weighted by Crippen LogP contribution is -2.23. The zero-order valence-electron chi connectivity index (χ0n) is 16.3. The largest absolute Gasteiger partial charge is 0.462 e. The first kappa shape index (κ1) is 21.1. The van der Waals surface area contributed by atoms with Gasteiger partial charge in [0.2, 0.25) is 0 Å². The van der Waals surface area contributed by atoms with Crippen molar-refractivity contribution in [3.63, 3.8) is 0 Å². The van der Waals surface area contributed by atoms with E-state index in [9.17, 15) is 18.8 Å². The van der Waals surface area contributed by atoms with E-state index in [4.69, 9.17) is 9.47 Å². The molecule has 1 amide bonds. The van der Waals surface area contributed by atoms with Crippen molar-refractivity contribution in [2.75, 3.05) is 18.5 Å². The Kier molecular flexibility index (Phi) is 6.92. The molecule has 7 nitrogen and oxygen atoms in total.